The van der Waals surface area contributed by atoms with E-state index in [0.717, 1.165) is 78.9 Å². The molecule has 85 heavy (non-hydrogen) atoms. The summed E-state index contributed by atoms with van der Waals surface area (Å²) in [5, 5.41) is 18.6. The van der Waals surface area contributed by atoms with Gasteiger partial charge in [-0.3, -0.25) is 14.4 Å². The van der Waals surface area contributed by atoms with Gasteiger partial charge < -0.3 is 34.4 Å². The summed E-state index contributed by atoms with van der Waals surface area (Å²) in [5.41, 5.74) is 7.36. The van der Waals surface area contributed by atoms with Crippen molar-refractivity contribution < 1.29 is 33.1 Å². The highest BCUT2D eigenvalue weighted by molar-refractivity contribution is 9.11. The minimum atomic E-state index is -0.990. The number of nitrogens with one attached hydrogen (secondary N) is 2. The van der Waals surface area contributed by atoms with Gasteiger partial charge >= 0.3 is 5.97 Å². The quantitative estimate of drug-likeness (QED) is 0.0913. The van der Waals surface area contributed by atoms with E-state index in [1.807, 2.05) is 91.2 Å². The van der Waals surface area contributed by atoms with Crippen LogP contribution < -0.4 is 10.6 Å². The summed E-state index contributed by atoms with van der Waals surface area (Å²) in [7, 11) is 0. The number of anilines is 2. The number of amides is 2. The Morgan fingerprint density at radius 1 is 0.612 bits per heavy atom. The number of thiazole rings is 4. The van der Waals surface area contributed by atoms with Crippen LogP contribution >= 0.6 is 151 Å². The number of hydrogen-bond donors (Lipinski definition) is 3. The molecule has 3 N–H and O–H groups in total. The number of carbonyl (C=O) groups excluding carboxylic acids is 3. The number of aromatic carboxylic acids is 1. The van der Waals surface area contributed by atoms with Crippen LogP contribution in [0.4, 0.5) is 12.0 Å². The zero-order valence-corrected chi connectivity index (χ0v) is 57.4. The van der Waals surface area contributed by atoms with Crippen LogP contribution in [0.5, 0.6) is 0 Å². The van der Waals surface area contributed by atoms with Crippen LogP contribution in [0.15, 0.2) is 93.0 Å². The molecule has 4 aliphatic rings. The second-order valence-corrected chi connectivity index (χ2v) is 31.2. The Kier molecular flexibility index (Phi) is 22.1. The highest BCUT2D eigenvalue weighted by atomic mass is 79.9. The molecule has 2 aliphatic heterocycles. The third kappa shape index (κ3) is 16.1. The number of benzene rings is 3. The molecule has 2 aliphatic carbocycles. The molecule has 0 spiro atoms. The lowest BCUT2D eigenvalue weighted by atomic mass is 10.1. The topological polar surface area (TPSA) is 223 Å². The normalized spacial score (nSPS) is 18.8. The molecule has 2 saturated heterocycles. The zero-order valence-electron chi connectivity index (χ0n) is 45.6. The number of carboxylic acid groups (broad SMARTS) is 1. The molecule has 13 rings (SSSR count). The lowest BCUT2D eigenvalue weighted by molar-refractivity contribution is -0.115. The van der Waals surface area contributed by atoms with Gasteiger partial charge in [0.25, 0.3) is 23.8 Å². The number of nitrogens with zero attached hydrogens (tertiary/aromatic N) is 8. The summed E-state index contributed by atoms with van der Waals surface area (Å²) in [4.78, 5) is 76.6. The van der Waals surface area contributed by atoms with Crippen LogP contribution in [0.25, 0.3) is 32.6 Å². The predicted octanol–water partition coefficient (Wildman–Crippen LogP) is 16.3. The number of alkyl halides is 5. The van der Waals surface area contributed by atoms with E-state index in [9.17, 15) is 19.2 Å². The molecule has 0 unspecified atom stereocenters. The Balaban J connectivity index is 0.000000144. The first-order valence-corrected chi connectivity index (χ1v) is 34.1. The van der Waals surface area contributed by atoms with Gasteiger partial charge in [0.1, 0.15) is 24.3 Å². The third-order valence-electron chi connectivity index (χ3n) is 14.1. The average Bonchev–Trinajstić information content (AvgIpc) is 1.72. The molecular formula is C56H52Br3Cl5N10O7S4. The smallest absolute Gasteiger partial charge is 0.356 e. The fourth-order valence-electron chi connectivity index (χ4n) is 9.95. The first kappa shape index (κ1) is 65.1. The van der Waals surface area contributed by atoms with Crippen molar-refractivity contribution in [2.75, 3.05) is 42.7 Å². The molecule has 448 valence electrons. The van der Waals surface area contributed by atoms with Crippen molar-refractivity contribution in [2.45, 2.75) is 69.2 Å². The summed E-state index contributed by atoms with van der Waals surface area (Å²) in [6.07, 6.45) is 2.38. The number of para-hydroxylation sites is 4. The standard InChI is InChI=1S/C25H24N4O2S.C18H17BrN4O2S.C5H4BrCl2NS.C5H4BrNO2S.C3H3Cl3O/c1-14-7-3-4-8-17(14)23-22(27-15(2)32-23)24(30)29-13-16-11-18(16)20(29)12-26-25-28-19-9-5-6-10-21(19)31-25;1-9-21-15(16(19)26-9)17(24)23-8-10-6-11(10)13(23)7-20-18-22-12-4-2-3-5-14(12)25-18;1-2-9-3(5(7)8)4(6)10-2;1-2-7-3(5(8)9)4(6)10-2;4-1-2(7)3(5)6/h3-10,16,18,20H,11-13H2,1-2H3,(H,26,28);2-5,10-11,13H,6-8H2,1H3,(H,20,22);5H,1H3;1H3,(H,8,9);3H,1H2/t16-,18-,20-;10-,11-,13-;;;/m11.../s1. The van der Waals surface area contributed by atoms with Gasteiger partial charge in [-0.15, -0.1) is 56.9 Å². The molecule has 6 aromatic heterocycles. The second-order valence-electron chi connectivity index (χ2n) is 19.9. The van der Waals surface area contributed by atoms with Gasteiger partial charge in [-0.25, -0.2) is 24.7 Å². The molecule has 17 nitrogen and oxygen atoms in total. The number of likely N-dealkylation sites (tertiary alicyclic amines) is 2. The number of carbonyl (C=O) groups is 4. The summed E-state index contributed by atoms with van der Waals surface area (Å²) >= 11 is 42.2. The number of Topliss-reactive ketones (excluding diaryl/α,β-unsaturated/α-hetero) is 1. The van der Waals surface area contributed by atoms with E-state index in [4.69, 9.17) is 71.9 Å². The van der Waals surface area contributed by atoms with Crippen molar-refractivity contribution in [2.24, 2.45) is 23.7 Å². The molecule has 3 aromatic carbocycles. The first-order valence-electron chi connectivity index (χ1n) is 26.2. The minimum absolute atomic E-state index is 0.0118. The minimum Gasteiger partial charge on any atom is -0.476 e. The largest absolute Gasteiger partial charge is 0.476 e. The van der Waals surface area contributed by atoms with Crippen LogP contribution in [-0.2, 0) is 4.79 Å². The maximum atomic E-state index is 13.7. The lowest BCUT2D eigenvalue weighted by Gasteiger charge is -2.27. The van der Waals surface area contributed by atoms with Gasteiger partial charge in [-0.2, -0.15) is 9.97 Å². The monoisotopic (exact) mass is 1520 g/mol. The van der Waals surface area contributed by atoms with Crippen LogP contribution in [0.3, 0.4) is 0 Å². The van der Waals surface area contributed by atoms with Crippen LogP contribution in [0, 0.1) is 58.3 Å². The maximum Gasteiger partial charge on any atom is 0.356 e. The number of carboxylic acids is 1. The molecule has 4 fully saturated rings. The molecular weight excluding hydrogens is 1470 g/mol. The number of rotatable bonds is 13. The maximum absolute atomic E-state index is 13.7. The Labute approximate surface area is 555 Å². The summed E-state index contributed by atoms with van der Waals surface area (Å²) < 4.78 is 13.9. The fraction of sp³-hybridized carbons (Fsp3) is 0.357. The number of ketones is 1. The molecule has 6 atom stereocenters. The van der Waals surface area contributed by atoms with Crippen molar-refractivity contribution in [1.29, 1.82) is 0 Å². The number of aromatic nitrogens is 6. The van der Waals surface area contributed by atoms with Gasteiger partial charge in [-0.05, 0) is 154 Å². The number of oxazole rings is 2. The van der Waals surface area contributed by atoms with E-state index < -0.39 is 15.6 Å². The number of halogens is 8. The fourth-order valence-corrected chi connectivity index (χ4v) is 17.0. The predicted molar refractivity (Wildman–Crippen MR) is 351 cm³/mol. The van der Waals surface area contributed by atoms with E-state index in [-0.39, 0.29) is 41.3 Å². The van der Waals surface area contributed by atoms with Gasteiger partial charge in [0, 0.05) is 26.2 Å². The van der Waals surface area contributed by atoms with Gasteiger partial charge in [0.05, 0.1) is 52.4 Å². The Bertz CT molecular complexity index is 3810. The van der Waals surface area contributed by atoms with E-state index in [2.05, 4.69) is 107 Å². The average molecular weight is 1520 g/mol. The van der Waals surface area contributed by atoms with E-state index >= 15 is 0 Å². The Hall–Kier alpha value is -4.31. The number of fused-ring (bicyclic) bond motifs is 4. The number of hydrogen-bond acceptors (Lipinski definition) is 18. The number of piperidine rings is 2. The summed E-state index contributed by atoms with van der Waals surface area (Å²) in [6, 6.07) is 24.9. The molecule has 0 bridgehead atoms. The number of aryl methyl sites for hydroxylation is 5. The van der Waals surface area contributed by atoms with Crippen molar-refractivity contribution in [3.8, 4) is 10.4 Å². The molecule has 2 saturated carbocycles. The highest BCUT2D eigenvalue weighted by Gasteiger charge is 2.55. The van der Waals surface area contributed by atoms with Gasteiger partial charge in [-0.1, -0.05) is 94.9 Å². The van der Waals surface area contributed by atoms with Gasteiger partial charge in [0.15, 0.2) is 38.0 Å². The van der Waals surface area contributed by atoms with Crippen molar-refractivity contribution >= 4 is 209 Å². The van der Waals surface area contributed by atoms with Crippen LogP contribution in [0.1, 0.15) is 80.4 Å². The lowest BCUT2D eigenvalue weighted by Crippen LogP contribution is -2.42. The third-order valence-corrected chi connectivity index (χ3v) is 21.1. The molecule has 8 heterocycles. The SMILES string of the molecule is Cc1nc(C(=O)N2C[C@H]3C[C@H]3[C@H]2CNc2nc3ccccc3o2)c(-c2ccccc2C)s1.Cc1nc(C(=O)N2C[C@H]3C[C@H]3[C@H]2CNc2nc3ccccc3o2)c(Br)s1.Cc1nc(C(=O)O)c(Br)s1.Cc1nc(C(Cl)Cl)c(Br)s1.O=C(CCl)C(Cl)Cl. The Morgan fingerprint density at radius 2 is 1.06 bits per heavy atom. The highest BCUT2D eigenvalue weighted by Crippen LogP contribution is 2.51. The molecule has 0 radical (unpaired) electrons. The van der Waals surface area contributed by atoms with Crippen molar-refractivity contribution in [3.63, 3.8) is 0 Å². The van der Waals surface area contributed by atoms with Gasteiger partial charge in [0.2, 0.25) is 0 Å². The van der Waals surface area contributed by atoms with Crippen LogP contribution in [-0.4, -0.2) is 117 Å². The van der Waals surface area contributed by atoms with Crippen LogP contribution in [0.2, 0.25) is 0 Å². The molecule has 9 aromatic rings. The van der Waals surface area contributed by atoms with E-state index in [1.165, 1.54) is 46.9 Å². The van der Waals surface area contributed by atoms with Crippen molar-refractivity contribution in [1.82, 2.24) is 39.7 Å². The van der Waals surface area contributed by atoms with E-state index in [0.29, 0.717) is 69.7 Å². The molecule has 2 amide bonds. The second kappa shape index (κ2) is 28.9. The van der Waals surface area contributed by atoms with Crippen molar-refractivity contribution in [3.05, 3.63) is 133 Å². The summed E-state index contributed by atoms with van der Waals surface area (Å²) in [6.45, 7) is 12.5. The van der Waals surface area contributed by atoms with E-state index in [1.54, 1.807) is 18.3 Å². The zero-order chi connectivity index (χ0) is 61.0. The molecule has 29 heteroatoms. The Morgan fingerprint density at radius 3 is 1.46 bits per heavy atom. The summed E-state index contributed by atoms with van der Waals surface area (Å²) in [5.74, 6) is 0.899. The first-order chi connectivity index (χ1) is 40.6.